The predicted molar refractivity (Wildman–Crippen MR) is 71.2 cm³/mol. The van der Waals surface area contributed by atoms with Gasteiger partial charge < -0.3 is 5.11 Å². The zero-order valence-corrected chi connectivity index (χ0v) is 11.2. The second kappa shape index (κ2) is 4.97. The van der Waals surface area contributed by atoms with Crippen molar-refractivity contribution in [1.29, 1.82) is 0 Å². The normalized spacial score (nSPS) is 21.6. The lowest BCUT2D eigenvalue weighted by atomic mass is 9.93. The maximum atomic E-state index is 10.2. The van der Waals surface area contributed by atoms with Gasteiger partial charge in [0.05, 0.1) is 6.10 Å². The molecule has 0 aliphatic carbocycles. The summed E-state index contributed by atoms with van der Waals surface area (Å²) in [6.45, 7) is 7.33. The Morgan fingerprint density at radius 3 is 2.71 bits per heavy atom. The minimum Gasteiger partial charge on any atom is -0.387 e. The minimum atomic E-state index is -0.488. The molecule has 1 saturated heterocycles. The van der Waals surface area contributed by atoms with E-state index in [4.69, 9.17) is 11.6 Å². The van der Waals surface area contributed by atoms with Gasteiger partial charge in [0.15, 0.2) is 0 Å². The lowest BCUT2D eigenvalue weighted by Gasteiger charge is -2.22. The molecule has 0 bridgehead atoms. The standard InChI is InChI=1S/C14H20ClNO/c1-14(2)7-8-16(10-14)9-13(17)11-5-3-4-6-12(11)15/h3-6,13,17H,7-10H2,1-2H3. The number of hydrogen-bond donors (Lipinski definition) is 1. The van der Waals surface area contributed by atoms with Crippen molar-refractivity contribution >= 4 is 11.6 Å². The van der Waals surface area contributed by atoms with Crippen molar-refractivity contribution in [1.82, 2.24) is 4.90 Å². The Labute approximate surface area is 108 Å². The van der Waals surface area contributed by atoms with E-state index in [1.165, 1.54) is 6.42 Å². The van der Waals surface area contributed by atoms with Crippen molar-refractivity contribution < 1.29 is 5.11 Å². The van der Waals surface area contributed by atoms with Gasteiger partial charge in [-0.25, -0.2) is 0 Å². The van der Waals surface area contributed by atoms with E-state index in [1.807, 2.05) is 24.3 Å². The molecule has 1 fully saturated rings. The zero-order valence-electron chi connectivity index (χ0n) is 10.5. The number of aliphatic hydroxyl groups excluding tert-OH is 1. The minimum absolute atomic E-state index is 0.375. The van der Waals surface area contributed by atoms with Gasteiger partial charge in [0.2, 0.25) is 0 Å². The van der Waals surface area contributed by atoms with Crippen molar-refractivity contribution in [3.05, 3.63) is 34.9 Å². The summed E-state index contributed by atoms with van der Waals surface area (Å²) in [6, 6.07) is 7.53. The van der Waals surface area contributed by atoms with Gasteiger partial charge in [0.25, 0.3) is 0 Å². The maximum absolute atomic E-state index is 10.2. The summed E-state index contributed by atoms with van der Waals surface area (Å²) in [6.07, 6.45) is 0.708. The molecule has 2 rings (SSSR count). The molecule has 1 unspecified atom stereocenters. The molecular weight excluding hydrogens is 234 g/mol. The average Bonchev–Trinajstić information content (AvgIpc) is 2.58. The van der Waals surface area contributed by atoms with E-state index >= 15 is 0 Å². The Morgan fingerprint density at radius 2 is 2.12 bits per heavy atom. The molecule has 1 aliphatic heterocycles. The molecule has 3 heteroatoms. The van der Waals surface area contributed by atoms with Gasteiger partial charge in [-0.1, -0.05) is 43.6 Å². The number of nitrogens with zero attached hydrogens (tertiary/aromatic N) is 1. The third-order valence-corrected chi connectivity index (χ3v) is 3.80. The van der Waals surface area contributed by atoms with Crippen molar-refractivity contribution in [3.8, 4) is 0 Å². The zero-order chi connectivity index (χ0) is 12.5. The number of likely N-dealkylation sites (tertiary alicyclic amines) is 1. The molecule has 0 amide bonds. The summed E-state index contributed by atoms with van der Waals surface area (Å²) in [5.74, 6) is 0. The van der Waals surface area contributed by atoms with Crippen LogP contribution in [-0.4, -0.2) is 29.6 Å². The van der Waals surface area contributed by atoms with Crippen LogP contribution in [0.4, 0.5) is 0 Å². The second-order valence-electron chi connectivity index (χ2n) is 5.69. The summed E-state index contributed by atoms with van der Waals surface area (Å²) < 4.78 is 0. The fourth-order valence-corrected chi connectivity index (χ4v) is 2.73. The molecule has 0 radical (unpaired) electrons. The van der Waals surface area contributed by atoms with Crippen LogP contribution in [0.25, 0.3) is 0 Å². The van der Waals surface area contributed by atoms with Crippen LogP contribution in [0, 0.1) is 5.41 Å². The van der Waals surface area contributed by atoms with Gasteiger partial charge in [-0.3, -0.25) is 4.90 Å². The summed E-state index contributed by atoms with van der Waals surface area (Å²) in [7, 11) is 0. The molecule has 94 valence electrons. The lowest BCUT2D eigenvalue weighted by Crippen LogP contribution is -2.28. The van der Waals surface area contributed by atoms with Gasteiger partial charge in [-0.15, -0.1) is 0 Å². The highest BCUT2D eigenvalue weighted by atomic mass is 35.5. The first-order chi connectivity index (χ1) is 7.98. The van der Waals surface area contributed by atoms with Gasteiger partial charge in [-0.2, -0.15) is 0 Å². The van der Waals surface area contributed by atoms with Crippen LogP contribution in [0.1, 0.15) is 31.9 Å². The fourth-order valence-electron chi connectivity index (χ4n) is 2.47. The number of aliphatic hydroxyl groups is 1. The number of rotatable bonds is 3. The van der Waals surface area contributed by atoms with E-state index in [9.17, 15) is 5.11 Å². The van der Waals surface area contributed by atoms with Crippen LogP contribution in [0.2, 0.25) is 5.02 Å². The Balaban J connectivity index is 1.99. The molecule has 0 aromatic heterocycles. The van der Waals surface area contributed by atoms with E-state index < -0.39 is 6.10 Å². The SMILES string of the molecule is CC1(C)CCN(CC(O)c2ccccc2Cl)C1. The first-order valence-electron chi connectivity index (χ1n) is 6.13. The molecule has 0 saturated carbocycles. The highest BCUT2D eigenvalue weighted by Gasteiger charge is 2.30. The topological polar surface area (TPSA) is 23.5 Å². The van der Waals surface area contributed by atoms with Gasteiger partial charge in [-0.05, 0) is 24.4 Å². The molecule has 1 heterocycles. The molecule has 0 spiro atoms. The van der Waals surface area contributed by atoms with Crippen LogP contribution in [0.3, 0.4) is 0 Å². The van der Waals surface area contributed by atoms with Crippen LogP contribution >= 0.6 is 11.6 Å². The van der Waals surface area contributed by atoms with Crippen molar-refractivity contribution in [3.63, 3.8) is 0 Å². The van der Waals surface area contributed by atoms with Crippen LogP contribution < -0.4 is 0 Å². The second-order valence-corrected chi connectivity index (χ2v) is 6.09. The predicted octanol–water partition coefficient (Wildman–Crippen LogP) is 3.11. The van der Waals surface area contributed by atoms with Crippen LogP contribution in [0.15, 0.2) is 24.3 Å². The lowest BCUT2D eigenvalue weighted by molar-refractivity contribution is 0.121. The van der Waals surface area contributed by atoms with Gasteiger partial charge in [0.1, 0.15) is 0 Å². The van der Waals surface area contributed by atoms with Crippen molar-refractivity contribution in [2.24, 2.45) is 5.41 Å². The van der Waals surface area contributed by atoms with E-state index in [0.29, 0.717) is 17.0 Å². The molecule has 1 aromatic carbocycles. The Hall–Kier alpha value is -0.570. The van der Waals surface area contributed by atoms with E-state index in [0.717, 1.165) is 18.7 Å². The molecule has 1 aromatic rings. The Morgan fingerprint density at radius 1 is 1.41 bits per heavy atom. The monoisotopic (exact) mass is 253 g/mol. The fraction of sp³-hybridized carbons (Fsp3) is 0.571. The van der Waals surface area contributed by atoms with Crippen LogP contribution in [0.5, 0.6) is 0 Å². The van der Waals surface area contributed by atoms with Crippen molar-refractivity contribution in [2.75, 3.05) is 19.6 Å². The average molecular weight is 254 g/mol. The third-order valence-electron chi connectivity index (χ3n) is 3.45. The highest BCUT2D eigenvalue weighted by Crippen LogP contribution is 2.31. The first kappa shape index (κ1) is 12.9. The quantitative estimate of drug-likeness (QED) is 0.895. The van der Waals surface area contributed by atoms with Crippen LogP contribution in [-0.2, 0) is 0 Å². The summed E-state index contributed by atoms with van der Waals surface area (Å²) >= 11 is 6.08. The number of hydrogen-bond acceptors (Lipinski definition) is 2. The smallest absolute Gasteiger partial charge is 0.0931 e. The maximum Gasteiger partial charge on any atom is 0.0931 e. The summed E-state index contributed by atoms with van der Waals surface area (Å²) in [5, 5.41) is 10.9. The summed E-state index contributed by atoms with van der Waals surface area (Å²) in [5.41, 5.74) is 1.21. The van der Waals surface area contributed by atoms with E-state index in [-0.39, 0.29) is 0 Å². The number of benzene rings is 1. The molecule has 1 aliphatic rings. The molecule has 2 nitrogen and oxygen atoms in total. The highest BCUT2D eigenvalue weighted by molar-refractivity contribution is 6.31. The molecule has 1 N–H and O–H groups in total. The number of β-amino-alcohol motifs (C(OH)–C–C–N with tert-alkyl or cyclic N) is 1. The van der Waals surface area contributed by atoms with Gasteiger partial charge in [0, 0.05) is 23.7 Å². The summed E-state index contributed by atoms with van der Waals surface area (Å²) in [4.78, 5) is 2.31. The first-order valence-corrected chi connectivity index (χ1v) is 6.51. The molecule has 17 heavy (non-hydrogen) atoms. The van der Waals surface area contributed by atoms with E-state index in [2.05, 4.69) is 18.7 Å². The largest absolute Gasteiger partial charge is 0.387 e. The van der Waals surface area contributed by atoms with Crippen molar-refractivity contribution in [2.45, 2.75) is 26.4 Å². The molecule has 1 atom stereocenters. The number of halogens is 1. The Bertz CT molecular complexity index is 392. The van der Waals surface area contributed by atoms with Gasteiger partial charge >= 0.3 is 0 Å². The molecular formula is C14H20ClNO. The third kappa shape index (κ3) is 3.21. The van der Waals surface area contributed by atoms with E-state index in [1.54, 1.807) is 0 Å². The Kier molecular flexibility index (Phi) is 3.76.